The van der Waals surface area contributed by atoms with E-state index in [9.17, 15) is 13.6 Å². The summed E-state index contributed by atoms with van der Waals surface area (Å²) in [6, 6.07) is 0. The van der Waals surface area contributed by atoms with Gasteiger partial charge in [0.2, 0.25) is 0 Å². The summed E-state index contributed by atoms with van der Waals surface area (Å²) in [7, 11) is 0. The van der Waals surface area contributed by atoms with E-state index in [1.165, 1.54) is 26.0 Å². The molecule has 0 aromatic rings. The average molecular weight is 203 g/mol. The number of ketones is 1. The van der Waals surface area contributed by atoms with Gasteiger partial charge in [-0.15, -0.1) is 0 Å². The van der Waals surface area contributed by atoms with Crippen molar-refractivity contribution in [3.8, 4) is 0 Å². The van der Waals surface area contributed by atoms with E-state index in [0.29, 0.717) is 0 Å². The van der Waals surface area contributed by atoms with Crippen LogP contribution in [0.3, 0.4) is 0 Å². The summed E-state index contributed by atoms with van der Waals surface area (Å²) >= 11 is 0. The van der Waals surface area contributed by atoms with Crippen LogP contribution < -0.4 is 5.32 Å². The van der Waals surface area contributed by atoms with Crippen molar-refractivity contribution in [2.24, 2.45) is 0 Å². The molecule has 14 heavy (non-hydrogen) atoms. The molecule has 0 aromatic carbocycles. The lowest BCUT2D eigenvalue weighted by molar-refractivity contribution is -0.112. The smallest absolute Gasteiger partial charge is 0.280 e. The highest BCUT2D eigenvalue weighted by Crippen LogP contribution is 2.20. The molecule has 80 valence electrons. The number of carbonyl (C=O) groups excluding carboxylic acids is 1. The van der Waals surface area contributed by atoms with E-state index < -0.39 is 12.5 Å². The van der Waals surface area contributed by atoms with Gasteiger partial charge < -0.3 is 5.32 Å². The first-order valence-corrected chi connectivity index (χ1v) is 4.28. The fourth-order valence-corrected chi connectivity index (χ4v) is 0.688. The van der Waals surface area contributed by atoms with E-state index in [1.807, 2.05) is 0 Å². The second kappa shape index (κ2) is 5.65. The van der Waals surface area contributed by atoms with Crippen LogP contribution in [0.25, 0.3) is 0 Å². The predicted octanol–water partition coefficient (Wildman–Crippen LogP) is 1.93. The fraction of sp³-hybridized carbons (Fsp3) is 0.500. The Labute approximate surface area is 82.7 Å². The summed E-state index contributed by atoms with van der Waals surface area (Å²) in [4.78, 5) is 10.4. The predicted molar refractivity (Wildman–Crippen MR) is 52.5 cm³/mol. The molecule has 0 heterocycles. The molecule has 1 N–H and O–H groups in total. The molecule has 0 atom stereocenters. The Morgan fingerprint density at radius 2 is 2.07 bits per heavy atom. The summed E-state index contributed by atoms with van der Waals surface area (Å²) < 4.78 is 25.8. The van der Waals surface area contributed by atoms with Crippen molar-refractivity contribution in [1.82, 2.24) is 5.32 Å². The maximum Gasteiger partial charge on any atom is 0.280 e. The largest absolute Gasteiger partial charge is 0.307 e. The Balaban J connectivity index is 3.75. The fourth-order valence-electron chi connectivity index (χ4n) is 0.688. The minimum Gasteiger partial charge on any atom is -0.307 e. The normalized spacial score (nSPS) is 12.0. The van der Waals surface area contributed by atoms with Crippen LogP contribution in [0.5, 0.6) is 0 Å². The van der Waals surface area contributed by atoms with Gasteiger partial charge >= 0.3 is 0 Å². The van der Waals surface area contributed by atoms with Gasteiger partial charge in [0.15, 0.2) is 5.78 Å². The van der Waals surface area contributed by atoms with E-state index in [1.54, 1.807) is 0 Å². The molecule has 0 rings (SSSR count). The quantitative estimate of drug-likeness (QED) is 0.406. The number of hydrogen-bond acceptors (Lipinski definition) is 2. The average Bonchev–Trinajstić information content (AvgIpc) is 2.02. The molecule has 0 fully saturated rings. The minimum atomic E-state index is -2.88. The summed E-state index contributed by atoms with van der Waals surface area (Å²) in [5, 5.41) is 2.51. The second-order valence-electron chi connectivity index (χ2n) is 3.13. The summed E-state index contributed by atoms with van der Waals surface area (Å²) in [5.74, 6) is -2.98. The monoisotopic (exact) mass is 203 g/mol. The Bertz CT molecular complexity index is 247. The molecule has 2 nitrogen and oxygen atoms in total. The molecular formula is C10H15F2NO. The number of carbonyl (C=O) groups is 1. The molecule has 0 aromatic heterocycles. The summed E-state index contributed by atoms with van der Waals surface area (Å²) in [6.45, 7) is 5.68. The van der Waals surface area contributed by atoms with Crippen LogP contribution >= 0.6 is 0 Å². The molecular weight excluding hydrogens is 188 g/mol. The summed E-state index contributed by atoms with van der Waals surface area (Å²) in [6.07, 6.45) is 2.85. The van der Waals surface area contributed by atoms with Crippen LogP contribution in [0.15, 0.2) is 24.3 Å². The number of hydrogen-bond donors (Lipinski definition) is 1. The van der Waals surface area contributed by atoms with Crippen molar-refractivity contribution in [2.45, 2.75) is 19.8 Å². The molecule has 0 aliphatic heterocycles. The zero-order valence-corrected chi connectivity index (χ0v) is 8.44. The van der Waals surface area contributed by atoms with E-state index in [0.717, 1.165) is 0 Å². The maximum absolute atomic E-state index is 12.9. The molecule has 0 saturated heterocycles. The molecule has 0 radical (unpaired) electrons. The number of rotatable bonds is 6. The third-order valence-electron chi connectivity index (χ3n) is 1.59. The SMILES string of the molecule is C=C(C)C(F)(F)CNC/C=C/C(C)=O. The van der Waals surface area contributed by atoms with Gasteiger partial charge in [-0.2, -0.15) is 0 Å². The van der Waals surface area contributed by atoms with Gasteiger partial charge in [-0.05, 0) is 25.5 Å². The van der Waals surface area contributed by atoms with Crippen LogP contribution in [0.2, 0.25) is 0 Å². The van der Waals surface area contributed by atoms with Gasteiger partial charge in [-0.25, -0.2) is 8.78 Å². The van der Waals surface area contributed by atoms with Gasteiger partial charge in [0.25, 0.3) is 5.92 Å². The lowest BCUT2D eigenvalue weighted by Gasteiger charge is -2.15. The van der Waals surface area contributed by atoms with Crippen LogP contribution in [0, 0.1) is 0 Å². The lowest BCUT2D eigenvalue weighted by atomic mass is 10.2. The van der Waals surface area contributed by atoms with Crippen LogP contribution in [-0.2, 0) is 4.79 Å². The first kappa shape index (κ1) is 13.0. The molecule has 4 heteroatoms. The molecule has 0 amide bonds. The highest BCUT2D eigenvalue weighted by Gasteiger charge is 2.28. The van der Waals surface area contributed by atoms with Crippen molar-refractivity contribution >= 4 is 5.78 Å². The van der Waals surface area contributed by atoms with Crippen molar-refractivity contribution in [1.29, 1.82) is 0 Å². The number of nitrogens with one attached hydrogen (secondary N) is 1. The maximum atomic E-state index is 12.9. The van der Waals surface area contributed by atoms with Gasteiger partial charge in [0.1, 0.15) is 0 Å². The van der Waals surface area contributed by atoms with Gasteiger partial charge in [0, 0.05) is 6.54 Å². The van der Waals surface area contributed by atoms with Crippen LogP contribution in [-0.4, -0.2) is 24.8 Å². The number of halogens is 2. The van der Waals surface area contributed by atoms with E-state index >= 15 is 0 Å². The van der Waals surface area contributed by atoms with Crippen molar-refractivity contribution in [3.63, 3.8) is 0 Å². The zero-order valence-electron chi connectivity index (χ0n) is 8.44. The zero-order chi connectivity index (χ0) is 11.2. The highest BCUT2D eigenvalue weighted by atomic mass is 19.3. The van der Waals surface area contributed by atoms with Crippen molar-refractivity contribution in [2.75, 3.05) is 13.1 Å². The van der Waals surface area contributed by atoms with Crippen molar-refractivity contribution in [3.05, 3.63) is 24.3 Å². The molecule has 0 unspecified atom stereocenters. The second-order valence-corrected chi connectivity index (χ2v) is 3.13. The molecule has 0 saturated carbocycles. The number of allylic oxidation sites excluding steroid dienone is 1. The molecule has 0 bridgehead atoms. The topological polar surface area (TPSA) is 29.1 Å². The number of alkyl halides is 2. The lowest BCUT2D eigenvalue weighted by Crippen LogP contribution is -2.33. The molecule has 0 spiro atoms. The minimum absolute atomic E-state index is 0.0986. The van der Waals surface area contributed by atoms with Crippen LogP contribution in [0.1, 0.15) is 13.8 Å². The Kier molecular flexibility index (Phi) is 5.23. The first-order chi connectivity index (χ1) is 6.36. The van der Waals surface area contributed by atoms with Gasteiger partial charge in [0.05, 0.1) is 6.54 Å². The Morgan fingerprint density at radius 3 is 2.50 bits per heavy atom. The van der Waals surface area contributed by atoms with E-state index in [4.69, 9.17) is 0 Å². The van der Waals surface area contributed by atoms with E-state index in [2.05, 4.69) is 11.9 Å². The van der Waals surface area contributed by atoms with Gasteiger partial charge in [-0.1, -0.05) is 12.7 Å². The molecule has 0 aliphatic carbocycles. The molecule has 0 aliphatic rings. The highest BCUT2D eigenvalue weighted by molar-refractivity contribution is 5.87. The Hall–Kier alpha value is -1.03. The van der Waals surface area contributed by atoms with Gasteiger partial charge in [-0.3, -0.25) is 4.79 Å². The first-order valence-electron chi connectivity index (χ1n) is 4.28. The van der Waals surface area contributed by atoms with E-state index in [-0.39, 0.29) is 17.9 Å². The Morgan fingerprint density at radius 1 is 1.50 bits per heavy atom. The third kappa shape index (κ3) is 5.59. The summed E-state index contributed by atoms with van der Waals surface area (Å²) in [5.41, 5.74) is -0.166. The third-order valence-corrected chi connectivity index (χ3v) is 1.59. The standard InChI is InChI=1S/C10H15F2NO/c1-8(2)10(11,12)7-13-6-4-5-9(3)14/h4-5,13H,1,6-7H2,2-3H3/b5-4+. The van der Waals surface area contributed by atoms with Crippen LogP contribution in [0.4, 0.5) is 8.78 Å². The van der Waals surface area contributed by atoms with Crippen molar-refractivity contribution < 1.29 is 13.6 Å².